The molecule has 0 unspecified atom stereocenters. The summed E-state index contributed by atoms with van der Waals surface area (Å²) in [7, 11) is 0. The van der Waals surface area contributed by atoms with Gasteiger partial charge in [0.05, 0.1) is 43.1 Å². The molecule has 10 heteroatoms. The van der Waals surface area contributed by atoms with Crippen molar-refractivity contribution >= 4 is 87.3 Å². The molecule has 0 aliphatic rings. The third-order valence-corrected chi connectivity index (χ3v) is 7.59. The van der Waals surface area contributed by atoms with Crippen molar-refractivity contribution in [1.82, 2.24) is 9.97 Å². The van der Waals surface area contributed by atoms with Gasteiger partial charge < -0.3 is 4.42 Å². The first-order valence-electron chi connectivity index (χ1n) is 10.4. The number of hydrogen-bond donors (Lipinski definition) is 0. The minimum absolute atomic E-state index is 0.225. The molecule has 6 rings (SSSR count). The molecule has 0 aliphatic heterocycles. The second-order valence-corrected chi connectivity index (χ2v) is 10.3. The molecule has 0 atom stereocenters. The third kappa shape index (κ3) is 4.05. The number of carbonyl (C=O) groups is 1. The summed E-state index contributed by atoms with van der Waals surface area (Å²) < 4.78 is 8.28. The molecule has 6 aromatic rings. The average Bonchev–Trinajstić information content (AvgIpc) is 3.51. The number of nitrogens with zero attached hydrogens (tertiary/aromatic N) is 4. The second-order valence-electron chi connectivity index (χ2n) is 7.52. The number of para-hydroxylation sites is 1. The molecule has 7 nitrogen and oxygen atoms in total. The van der Waals surface area contributed by atoms with Crippen molar-refractivity contribution in [2.75, 3.05) is 5.01 Å². The van der Waals surface area contributed by atoms with E-state index in [1.54, 1.807) is 48.0 Å². The van der Waals surface area contributed by atoms with Crippen LogP contribution in [0, 0.1) is 0 Å². The highest BCUT2D eigenvalue weighted by atomic mass is 79.9. The summed E-state index contributed by atoms with van der Waals surface area (Å²) >= 11 is 6.25. The molecule has 0 saturated heterocycles. The molecule has 1 amide bonds. The van der Waals surface area contributed by atoms with Gasteiger partial charge in [0.15, 0.2) is 0 Å². The summed E-state index contributed by atoms with van der Waals surface area (Å²) in [5.74, 6) is -0.375. The Hall–Kier alpha value is -3.73. The van der Waals surface area contributed by atoms with Crippen LogP contribution < -0.4 is 10.4 Å². The predicted octanol–water partition coefficient (Wildman–Crippen LogP) is 6.46. The fourth-order valence-corrected chi connectivity index (χ4v) is 5.77. The summed E-state index contributed by atoms with van der Waals surface area (Å²) in [6.07, 6.45) is 2.68. The number of amides is 1. The van der Waals surface area contributed by atoms with Crippen molar-refractivity contribution in [3.8, 4) is 0 Å². The van der Waals surface area contributed by atoms with Gasteiger partial charge in [-0.15, -0.1) is 11.3 Å². The summed E-state index contributed by atoms with van der Waals surface area (Å²) in [6, 6.07) is 18.0. The fraction of sp³-hybridized carbons (Fsp3) is 0. The van der Waals surface area contributed by atoms with Crippen LogP contribution in [0.3, 0.4) is 0 Å². The van der Waals surface area contributed by atoms with E-state index in [2.05, 4.69) is 31.0 Å². The van der Waals surface area contributed by atoms with E-state index in [1.165, 1.54) is 40.2 Å². The number of hydrazone groups is 1. The average molecular weight is 561 g/mol. The molecule has 3 aromatic carbocycles. The van der Waals surface area contributed by atoms with Crippen molar-refractivity contribution < 1.29 is 9.21 Å². The minimum atomic E-state index is -0.375. The lowest BCUT2D eigenvalue weighted by Gasteiger charge is -2.13. The number of thiazole rings is 2. The van der Waals surface area contributed by atoms with Crippen molar-refractivity contribution in [2.45, 2.75) is 0 Å². The lowest BCUT2D eigenvalue weighted by Crippen LogP contribution is -2.26. The van der Waals surface area contributed by atoms with Crippen molar-refractivity contribution in [3.63, 3.8) is 0 Å². The van der Waals surface area contributed by atoms with Gasteiger partial charge in [0.1, 0.15) is 11.8 Å². The SMILES string of the molecule is O=C(c1ccc2ncsc2c1)N(/N=C/c1coc2ccccc2c1=O)c1nc2ccc(Br)cc2s1. The summed E-state index contributed by atoms with van der Waals surface area (Å²) in [5, 5.41) is 6.46. The Labute approximate surface area is 214 Å². The quantitative estimate of drug-likeness (QED) is 0.182. The van der Waals surface area contributed by atoms with E-state index >= 15 is 0 Å². The predicted molar refractivity (Wildman–Crippen MR) is 144 cm³/mol. The highest BCUT2D eigenvalue weighted by Gasteiger charge is 2.22. The highest BCUT2D eigenvalue weighted by Crippen LogP contribution is 2.32. The van der Waals surface area contributed by atoms with E-state index in [4.69, 9.17) is 4.42 Å². The molecule has 3 aromatic heterocycles. The zero-order chi connectivity index (χ0) is 23.9. The first kappa shape index (κ1) is 21.8. The van der Waals surface area contributed by atoms with Crippen molar-refractivity contribution in [2.24, 2.45) is 5.10 Å². The Morgan fingerprint density at radius 3 is 2.83 bits per heavy atom. The standard InChI is InChI=1S/C25H13BrN4O3S2/c26-16-6-8-19-22(10-16)35-25(29-19)30(24(32)14-5-7-18-21(9-14)34-13-27-18)28-11-15-12-33-20-4-2-1-3-17(20)23(15)31/h1-13H/b28-11+. The first-order chi connectivity index (χ1) is 17.1. The van der Waals surface area contributed by atoms with Crippen molar-refractivity contribution in [3.05, 3.63) is 98.3 Å². The third-order valence-electron chi connectivity index (χ3n) is 5.31. The Morgan fingerprint density at radius 1 is 1.06 bits per heavy atom. The van der Waals surface area contributed by atoms with Gasteiger partial charge in [0.25, 0.3) is 5.91 Å². The molecule has 3 heterocycles. The number of rotatable bonds is 4. The molecule has 0 N–H and O–H groups in total. The van der Waals surface area contributed by atoms with Gasteiger partial charge in [-0.05, 0) is 48.5 Å². The zero-order valence-electron chi connectivity index (χ0n) is 17.7. The van der Waals surface area contributed by atoms with E-state index in [1.807, 2.05) is 18.2 Å². The smallest absolute Gasteiger partial charge is 0.280 e. The molecule has 0 spiro atoms. The minimum Gasteiger partial charge on any atom is -0.463 e. The zero-order valence-corrected chi connectivity index (χ0v) is 20.9. The molecule has 0 radical (unpaired) electrons. The monoisotopic (exact) mass is 560 g/mol. The maximum atomic E-state index is 13.6. The van der Waals surface area contributed by atoms with Crippen LogP contribution in [0.1, 0.15) is 15.9 Å². The fourth-order valence-electron chi connectivity index (χ4n) is 3.58. The normalized spacial score (nSPS) is 11.7. The Bertz CT molecular complexity index is 1840. The van der Waals surface area contributed by atoms with Crippen molar-refractivity contribution in [1.29, 1.82) is 0 Å². The van der Waals surface area contributed by atoms with Crippen LogP contribution >= 0.6 is 38.6 Å². The number of carbonyl (C=O) groups excluding carboxylic acids is 1. The number of fused-ring (bicyclic) bond motifs is 3. The van der Waals surface area contributed by atoms with E-state index in [-0.39, 0.29) is 16.9 Å². The number of halogens is 1. The lowest BCUT2D eigenvalue weighted by molar-refractivity contribution is 0.0988. The number of benzene rings is 3. The van der Waals surface area contributed by atoms with Gasteiger partial charge in [-0.2, -0.15) is 10.1 Å². The van der Waals surface area contributed by atoms with E-state index in [0.29, 0.717) is 21.7 Å². The number of anilines is 1. The molecule has 35 heavy (non-hydrogen) atoms. The molecular formula is C25H13BrN4O3S2. The van der Waals surface area contributed by atoms with Crippen LogP contribution in [0.4, 0.5) is 5.13 Å². The Balaban J connectivity index is 1.46. The number of hydrogen-bond acceptors (Lipinski definition) is 8. The van der Waals surface area contributed by atoms with Gasteiger partial charge in [0, 0.05) is 10.0 Å². The molecule has 0 bridgehead atoms. The Kier molecular flexibility index (Phi) is 5.48. The van der Waals surface area contributed by atoms with E-state index in [0.717, 1.165) is 24.9 Å². The van der Waals surface area contributed by atoms with Gasteiger partial charge in [0.2, 0.25) is 10.6 Å². The molecular weight excluding hydrogens is 548 g/mol. The van der Waals surface area contributed by atoms with Crippen LogP contribution in [0.5, 0.6) is 0 Å². The largest absolute Gasteiger partial charge is 0.463 e. The van der Waals surface area contributed by atoms with Gasteiger partial charge in [-0.1, -0.05) is 39.4 Å². The molecule has 170 valence electrons. The Morgan fingerprint density at radius 2 is 1.91 bits per heavy atom. The molecule has 0 saturated carbocycles. The second kappa shape index (κ2) is 8.81. The maximum absolute atomic E-state index is 13.6. The first-order valence-corrected chi connectivity index (χ1v) is 12.8. The van der Waals surface area contributed by atoms with Crippen LogP contribution in [-0.2, 0) is 0 Å². The topological polar surface area (TPSA) is 88.7 Å². The van der Waals surface area contributed by atoms with Crippen LogP contribution in [0.2, 0.25) is 0 Å². The van der Waals surface area contributed by atoms with E-state index < -0.39 is 0 Å². The maximum Gasteiger partial charge on any atom is 0.280 e. The molecule has 0 fully saturated rings. The number of aromatic nitrogens is 2. The van der Waals surface area contributed by atoms with Gasteiger partial charge >= 0.3 is 0 Å². The van der Waals surface area contributed by atoms with Crippen LogP contribution in [-0.4, -0.2) is 22.1 Å². The summed E-state index contributed by atoms with van der Waals surface area (Å²) in [5.41, 5.74) is 4.20. The summed E-state index contributed by atoms with van der Waals surface area (Å²) in [4.78, 5) is 35.4. The summed E-state index contributed by atoms with van der Waals surface area (Å²) in [6.45, 7) is 0. The van der Waals surface area contributed by atoms with Crippen LogP contribution in [0.15, 0.2) is 91.2 Å². The van der Waals surface area contributed by atoms with Crippen LogP contribution in [0.25, 0.3) is 31.4 Å². The highest BCUT2D eigenvalue weighted by molar-refractivity contribution is 9.10. The van der Waals surface area contributed by atoms with Gasteiger partial charge in [-0.3, -0.25) is 9.59 Å². The van der Waals surface area contributed by atoms with Gasteiger partial charge in [-0.25, -0.2) is 9.97 Å². The lowest BCUT2D eigenvalue weighted by atomic mass is 10.2. The molecule has 0 aliphatic carbocycles. The van der Waals surface area contributed by atoms with E-state index in [9.17, 15) is 9.59 Å².